The van der Waals surface area contributed by atoms with Crippen LogP contribution < -0.4 is 21.7 Å². The largest absolute Gasteiger partial charge is 0.398 e. The smallest absolute Gasteiger partial charge is 0.0606 e. The van der Waals surface area contributed by atoms with E-state index >= 15 is 0 Å². The maximum absolute atomic E-state index is 9.28. The van der Waals surface area contributed by atoms with Gasteiger partial charge in [0.2, 0.25) is 0 Å². The lowest BCUT2D eigenvalue weighted by atomic mass is 10.0. The normalized spacial score (nSPS) is 10.7. The molecule has 142 valence electrons. The van der Waals surface area contributed by atoms with E-state index in [-0.39, 0.29) is 19.8 Å². The Morgan fingerprint density at radius 3 is 2.12 bits per heavy atom. The molecule has 7 heteroatoms. The van der Waals surface area contributed by atoms with Crippen LogP contribution in [0.25, 0.3) is 0 Å². The van der Waals surface area contributed by atoms with Crippen LogP contribution in [0.15, 0.2) is 36.4 Å². The van der Waals surface area contributed by atoms with Gasteiger partial charge in [-0.05, 0) is 47.9 Å². The van der Waals surface area contributed by atoms with Gasteiger partial charge in [0, 0.05) is 49.0 Å². The predicted octanol–water partition coefficient (Wildman–Crippen LogP) is 0.789. The second-order valence-corrected chi connectivity index (χ2v) is 6.01. The molecule has 0 bridgehead atoms. The number of hydrogen-bond donors (Lipinski definition) is 6. The lowest BCUT2D eigenvalue weighted by Gasteiger charge is -2.23. The Morgan fingerprint density at radius 2 is 1.50 bits per heavy atom. The molecule has 26 heavy (non-hydrogen) atoms. The highest BCUT2D eigenvalue weighted by molar-refractivity contribution is 5.64. The third-order valence-electron chi connectivity index (χ3n) is 4.29. The molecule has 2 rings (SSSR count). The van der Waals surface area contributed by atoms with Crippen molar-refractivity contribution in [3.05, 3.63) is 47.5 Å². The molecule has 0 heterocycles. The number of nitrogens with one attached hydrogen (secondary N) is 1. The molecule has 0 aromatic heterocycles. The molecular formula is C19H28N4O3. The molecule has 2 aromatic rings. The Balaban J connectivity index is 2.18. The van der Waals surface area contributed by atoms with Crippen LogP contribution in [0.1, 0.15) is 11.1 Å². The van der Waals surface area contributed by atoms with Crippen molar-refractivity contribution in [3.8, 4) is 0 Å². The maximum Gasteiger partial charge on any atom is 0.0606 e. The molecule has 0 aliphatic carbocycles. The van der Waals surface area contributed by atoms with Crippen LogP contribution in [-0.4, -0.2) is 48.2 Å². The van der Waals surface area contributed by atoms with Gasteiger partial charge in [0.05, 0.1) is 13.2 Å². The van der Waals surface area contributed by atoms with E-state index < -0.39 is 0 Å². The maximum atomic E-state index is 9.28. The third-order valence-corrected chi connectivity index (χ3v) is 4.29. The van der Waals surface area contributed by atoms with E-state index in [9.17, 15) is 15.3 Å². The number of aliphatic hydroxyl groups excluding tert-OH is 3. The lowest BCUT2D eigenvalue weighted by Crippen LogP contribution is -2.29. The summed E-state index contributed by atoms with van der Waals surface area (Å²) in [7, 11) is 0. The van der Waals surface area contributed by atoms with Gasteiger partial charge in [0.25, 0.3) is 0 Å². The van der Waals surface area contributed by atoms with Crippen LogP contribution in [0, 0.1) is 0 Å². The standard InChI is InChI=1S/C19H28N4O3/c20-18-4-5-19(21)17(16(18)6-9-24)13-22-14-2-1-3-15(12-14)23(7-10-25)8-11-26/h1-5,12,22,24-26H,6-11,13,20-21H2. The summed E-state index contributed by atoms with van der Waals surface area (Å²) >= 11 is 0. The molecule has 0 saturated carbocycles. The SMILES string of the molecule is Nc1ccc(N)c(CNc2cccc(N(CCO)CCO)c2)c1CCO. The van der Waals surface area contributed by atoms with Gasteiger partial charge in [-0.1, -0.05) is 6.07 Å². The van der Waals surface area contributed by atoms with E-state index in [1.54, 1.807) is 12.1 Å². The van der Waals surface area contributed by atoms with Crippen molar-refractivity contribution in [2.24, 2.45) is 0 Å². The fourth-order valence-corrected chi connectivity index (χ4v) is 2.96. The van der Waals surface area contributed by atoms with Crippen LogP contribution in [0.4, 0.5) is 22.7 Å². The second kappa shape index (κ2) is 9.86. The number of nitrogen functional groups attached to an aromatic ring is 2. The molecule has 7 nitrogen and oxygen atoms in total. The van der Waals surface area contributed by atoms with Crippen LogP contribution in [0.5, 0.6) is 0 Å². The highest BCUT2D eigenvalue weighted by atomic mass is 16.3. The summed E-state index contributed by atoms with van der Waals surface area (Å²) in [6.07, 6.45) is 0.453. The monoisotopic (exact) mass is 360 g/mol. The number of anilines is 4. The third kappa shape index (κ3) is 5.01. The fourth-order valence-electron chi connectivity index (χ4n) is 2.96. The van der Waals surface area contributed by atoms with E-state index in [2.05, 4.69) is 5.32 Å². The zero-order chi connectivity index (χ0) is 18.9. The number of rotatable bonds is 10. The van der Waals surface area contributed by atoms with Crippen molar-refractivity contribution in [3.63, 3.8) is 0 Å². The number of nitrogens with two attached hydrogens (primary N) is 2. The van der Waals surface area contributed by atoms with Crippen molar-refractivity contribution in [1.29, 1.82) is 0 Å². The quantitative estimate of drug-likeness (QED) is 0.346. The first-order valence-electron chi connectivity index (χ1n) is 8.67. The zero-order valence-corrected chi connectivity index (χ0v) is 14.9. The molecule has 0 unspecified atom stereocenters. The van der Waals surface area contributed by atoms with Gasteiger partial charge in [-0.2, -0.15) is 0 Å². The molecule has 0 amide bonds. The van der Waals surface area contributed by atoms with Gasteiger partial charge in [-0.25, -0.2) is 0 Å². The second-order valence-electron chi connectivity index (χ2n) is 6.01. The molecule has 0 fully saturated rings. The van der Waals surface area contributed by atoms with Crippen molar-refractivity contribution < 1.29 is 15.3 Å². The Kier molecular flexibility index (Phi) is 7.53. The van der Waals surface area contributed by atoms with Crippen LogP contribution in [-0.2, 0) is 13.0 Å². The Hall–Kier alpha value is -2.48. The highest BCUT2D eigenvalue weighted by Gasteiger charge is 2.11. The first kappa shape index (κ1) is 19.8. The van der Waals surface area contributed by atoms with Crippen molar-refractivity contribution >= 4 is 22.7 Å². The summed E-state index contributed by atoms with van der Waals surface area (Å²) in [5.41, 5.74) is 16.9. The molecule has 8 N–H and O–H groups in total. The van der Waals surface area contributed by atoms with E-state index in [1.807, 2.05) is 29.2 Å². The zero-order valence-electron chi connectivity index (χ0n) is 14.9. The summed E-state index contributed by atoms with van der Waals surface area (Å²) in [4.78, 5) is 1.91. The Morgan fingerprint density at radius 1 is 0.846 bits per heavy atom. The number of aliphatic hydroxyl groups is 3. The topological polar surface area (TPSA) is 128 Å². The molecule has 0 radical (unpaired) electrons. The van der Waals surface area contributed by atoms with Gasteiger partial charge in [-0.3, -0.25) is 0 Å². The van der Waals surface area contributed by atoms with E-state index in [1.165, 1.54) is 0 Å². The minimum Gasteiger partial charge on any atom is -0.398 e. The average molecular weight is 360 g/mol. The summed E-state index contributed by atoms with van der Waals surface area (Å²) in [5, 5.41) is 31.0. The van der Waals surface area contributed by atoms with Gasteiger partial charge in [0.1, 0.15) is 0 Å². The summed E-state index contributed by atoms with van der Waals surface area (Å²) in [6, 6.07) is 11.3. The molecule has 0 aliphatic heterocycles. The van der Waals surface area contributed by atoms with Crippen molar-refractivity contribution in [2.75, 3.05) is 54.6 Å². The van der Waals surface area contributed by atoms with Gasteiger partial charge >= 0.3 is 0 Å². The average Bonchev–Trinajstić information content (AvgIpc) is 2.64. The van der Waals surface area contributed by atoms with Gasteiger partial charge in [0.15, 0.2) is 0 Å². The van der Waals surface area contributed by atoms with E-state index in [0.717, 1.165) is 22.5 Å². The van der Waals surface area contributed by atoms with E-state index in [4.69, 9.17) is 11.5 Å². The Bertz CT molecular complexity index is 703. The molecule has 0 aliphatic rings. The molecule has 2 aromatic carbocycles. The van der Waals surface area contributed by atoms with E-state index in [0.29, 0.717) is 37.4 Å². The van der Waals surface area contributed by atoms with Crippen LogP contribution in [0.2, 0.25) is 0 Å². The minimum atomic E-state index is 0.00736. The highest BCUT2D eigenvalue weighted by Crippen LogP contribution is 2.26. The summed E-state index contributed by atoms with van der Waals surface area (Å²) in [5.74, 6) is 0. The number of benzene rings is 2. The molecular weight excluding hydrogens is 332 g/mol. The molecule has 0 atom stereocenters. The first-order chi connectivity index (χ1) is 12.6. The van der Waals surface area contributed by atoms with Crippen molar-refractivity contribution in [2.45, 2.75) is 13.0 Å². The number of nitrogens with zero attached hydrogens (tertiary/aromatic N) is 1. The van der Waals surface area contributed by atoms with Crippen LogP contribution >= 0.6 is 0 Å². The van der Waals surface area contributed by atoms with Crippen LogP contribution in [0.3, 0.4) is 0 Å². The molecule has 0 spiro atoms. The fraction of sp³-hybridized carbons (Fsp3) is 0.368. The van der Waals surface area contributed by atoms with Gasteiger partial charge in [-0.15, -0.1) is 0 Å². The lowest BCUT2D eigenvalue weighted by molar-refractivity contribution is 0.281. The minimum absolute atomic E-state index is 0.00736. The van der Waals surface area contributed by atoms with Crippen molar-refractivity contribution in [1.82, 2.24) is 0 Å². The Labute approximate surface area is 153 Å². The van der Waals surface area contributed by atoms with Gasteiger partial charge < -0.3 is 37.0 Å². The molecule has 0 saturated heterocycles. The number of hydrogen-bond acceptors (Lipinski definition) is 7. The first-order valence-corrected chi connectivity index (χ1v) is 8.67. The summed E-state index contributed by atoms with van der Waals surface area (Å²) < 4.78 is 0. The predicted molar refractivity (Wildman–Crippen MR) is 106 cm³/mol. The summed E-state index contributed by atoms with van der Waals surface area (Å²) in [6.45, 7) is 1.42.